The van der Waals surface area contributed by atoms with Crippen molar-refractivity contribution in [2.45, 2.75) is 20.8 Å². The molecule has 108 valence electrons. The van der Waals surface area contributed by atoms with E-state index in [-0.39, 0.29) is 22.8 Å². The van der Waals surface area contributed by atoms with Gasteiger partial charge >= 0.3 is 5.69 Å². The van der Waals surface area contributed by atoms with Gasteiger partial charge in [-0.3, -0.25) is 14.9 Å². The maximum Gasteiger partial charge on any atom is 0.312 e. The zero-order valence-electron chi connectivity index (χ0n) is 12.0. The minimum Gasteiger partial charge on any atom is -0.450 e. The molecule has 0 radical (unpaired) electrons. The molecule has 0 heterocycles. The molecule has 5 nitrogen and oxygen atoms in total. The van der Waals surface area contributed by atoms with E-state index in [0.717, 1.165) is 11.1 Å². The van der Waals surface area contributed by atoms with Gasteiger partial charge in [0.25, 0.3) is 0 Å². The molecule has 0 spiro atoms. The van der Waals surface area contributed by atoms with Crippen LogP contribution in [-0.4, -0.2) is 10.7 Å². The van der Waals surface area contributed by atoms with Crippen LogP contribution >= 0.6 is 0 Å². The molecule has 21 heavy (non-hydrogen) atoms. The Labute approximate surface area is 122 Å². The fourth-order valence-electron chi connectivity index (χ4n) is 2.04. The van der Waals surface area contributed by atoms with Gasteiger partial charge in [0, 0.05) is 11.6 Å². The zero-order chi connectivity index (χ0) is 15.6. The maximum atomic E-state index is 11.3. The van der Waals surface area contributed by atoms with E-state index in [4.69, 9.17) is 4.74 Å². The standard InChI is InChI=1S/C16H15NO4/c1-10-5-4-6-11(2)16(10)21-15-8-7-13(12(3)18)9-14(15)17(19)20/h4-9H,1-3H3. The number of nitro benzene ring substituents is 1. The van der Waals surface area contributed by atoms with Crippen LogP contribution in [0, 0.1) is 24.0 Å². The second-order valence-electron chi connectivity index (χ2n) is 4.82. The molecule has 0 amide bonds. The second-order valence-corrected chi connectivity index (χ2v) is 4.82. The Morgan fingerprint density at radius 2 is 1.76 bits per heavy atom. The van der Waals surface area contributed by atoms with E-state index in [1.165, 1.54) is 25.1 Å². The van der Waals surface area contributed by atoms with Gasteiger partial charge in [0.05, 0.1) is 4.92 Å². The van der Waals surface area contributed by atoms with Crippen LogP contribution in [0.5, 0.6) is 11.5 Å². The average molecular weight is 285 g/mol. The molecule has 0 aliphatic rings. The highest BCUT2D eigenvalue weighted by Gasteiger charge is 2.19. The van der Waals surface area contributed by atoms with E-state index in [1.807, 2.05) is 32.0 Å². The molecule has 2 aromatic carbocycles. The lowest BCUT2D eigenvalue weighted by Gasteiger charge is -2.12. The quantitative estimate of drug-likeness (QED) is 0.479. The molecule has 0 bridgehead atoms. The molecule has 0 aromatic heterocycles. The monoisotopic (exact) mass is 285 g/mol. The van der Waals surface area contributed by atoms with E-state index in [1.54, 1.807) is 0 Å². The lowest BCUT2D eigenvalue weighted by molar-refractivity contribution is -0.385. The third-order valence-electron chi connectivity index (χ3n) is 3.18. The number of ketones is 1. The normalized spacial score (nSPS) is 10.2. The van der Waals surface area contributed by atoms with Crippen molar-refractivity contribution >= 4 is 11.5 Å². The molecule has 5 heteroatoms. The summed E-state index contributed by atoms with van der Waals surface area (Å²) in [5.41, 5.74) is 1.85. The van der Waals surface area contributed by atoms with Gasteiger partial charge in [0.2, 0.25) is 5.75 Å². The molecule has 0 saturated carbocycles. The number of hydrogen-bond acceptors (Lipinski definition) is 4. The van der Waals surface area contributed by atoms with Gasteiger partial charge in [-0.2, -0.15) is 0 Å². The van der Waals surface area contributed by atoms with E-state index < -0.39 is 4.92 Å². The van der Waals surface area contributed by atoms with E-state index in [2.05, 4.69) is 0 Å². The van der Waals surface area contributed by atoms with Gasteiger partial charge in [-0.15, -0.1) is 0 Å². The molecule has 0 aliphatic carbocycles. The summed E-state index contributed by atoms with van der Waals surface area (Å²) in [5.74, 6) is 0.496. The summed E-state index contributed by atoms with van der Waals surface area (Å²) in [7, 11) is 0. The highest BCUT2D eigenvalue weighted by atomic mass is 16.6. The van der Waals surface area contributed by atoms with Crippen molar-refractivity contribution in [3.8, 4) is 11.5 Å². The molecule has 0 N–H and O–H groups in total. The number of nitrogens with zero attached hydrogens (tertiary/aromatic N) is 1. The number of nitro groups is 1. The Bertz CT molecular complexity index is 702. The first-order valence-corrected chi connectivity index (χ1v) is 6.43. The predicted octanol–water partition coefficient (Wildman–Crippen LogP) is 4.21. The Kier molecular flexibility index (Phi) is 4.03. The number of benzene rings is 2. The van der Waals surface area contributed by atoms with Crippen LogP contribution in [0.3, 0.4) is 0 Å². The van der Waals surface area contributed by atoms with Crippen LogP contribution in [-0.2, 0) is 0 Å². The number of Topliss-reactive ketones (excluding diaryl/α,β-unsaturated/α-hetero) is 1. The van der Waals surface area contributed by atoms with E-state index in [0.29, 0.717) is 5.75 Å². The Hall–Kier alpha value is -2.69. The van der Waals surface area contributed by atoms with Crippen molar-refractivity contribution in [1.29, 1.82) is 0 Å². The van der Waals surface area contributed by atoms with Gasteiger partial charge in [0.1, 0.15) is 5.75 Å². The van der Waals surface area contributed by atoms with E-state index in [9.17, 15) is 14.9 Å². The highest BCUT2D eigenvalue weighted by molar-refractivity contribution is 5.95. The largest absolute Gasteiger partial charge is 0.450 e. The molecule has 2 aromatic rings. The predicted molar refractivity (Wildman–Crippen MR) is 79.1 cm³/mol. The summed E-state index contributed by atoms with van der Waals surface area (Å²) < 4.78 is 5.71. The van der Waals surface area contributed by atoms with Gasteiger partial charge in [0.15, 0.2) is 5.78 Å². The summed E-state index contributed by atoms with van der Waals surface area (Å²) in [4.78, 5) is 22.0. The number of hydrogen-bond donors (Lipinski definition) is 0. The van der Waals surface area contributed by atoms with Gasteiger partial charge < -0.3 is 4.74 Å². The summed E-state index contributed by atoms with van der Waals surface area (Å²) in [6.45, 7) is 5.11. The first-order chi connectivity index (χ1) is 9.90. The van der Waals surface area contributed by atoms with Gasteiger partial charge in [-0.05, 0) is 44.0 Å². The van der Waals surface area contributed by atoms with Crippen LogP contribution < -0.4 is 4.74 Å². The molecule has 0 fully saturated rings. The molecular formula is C16H15NO4. The average Bonchev–Trinajstić information content (AvgIpc) is 2.42. The van der Waals surface area contributed by atoms with Gasteiger partial charge in [-0.25, -0.2) is 0 Å². The smallest absolute Gasteiger partial charge is 0.312 e. The van der Waals surface area contributed by atoms with Crippen molar-refractivity contribution in [1.82, 2.24) is 0 Å². The molecule has 0 aliphatic heterocycles. The first-order valence-electron chi connectivity index (χ1n) is 6.43. The Morgan fingerprint density at radius 1 is 1.14 bits per heavy atom. The number of ether oxygens (including phenoxy) is 1. The number of rotatable bonds is 4. The minimum absolute atomic E-state index is 0.127. The third kappa shape index (κ3) is 3.08. The van der Waals surface area contributed by atoms with Crippen LogP contribution in [0.2, 0.25) is 0 Å². The molecular weight excluding hydrogens is 270 g/mol. The number of carbonyl (C=O) groups excluding carboxylic acids is 1. The van der Waals surface area contributed by atoms with Crippen LogP contribution in [0.4, 0.5) is 5.69 Å². The van der Waals surface area contributed by atoms with Crippen molar-refractivity contribution in [2.24, 2.45) is 0 Å². The maximum absolute atomic E-state index is 11.3. The Morgan fingerprint density at radius 3 is 2.29 bits per heavy atom. The number of aryl methyl sites for hydroxylation is 2. The summed E-state index contributed by atoms with van der Waals surface area (Å²) in [6.07, 6.45) is 0. The second kappa shape index (κ2) is 5.75. The molecule has 0 saturated heterocycles. The summed E-state index contributed by atoms with van der Waals surface area (Å²) in [5, 5.41) is 11.2. The van der Waals surface area contributed by atoms with E-state index >= 15 is 0 Å². The zero-order valence-corrected chi connectivity index (χ0v) is 12.0. The number of para-hydroxylation sites is 1. The van der Waals surface area contributed by atoms with Gasteiger partial charge in [-0.1, -0.05) is 18.2 Å². The van der Waals surface area contributed by atoms with Crippen LogP contribution in [0.15, 0.2) is 36.4 Å². The summed E-state index contributed by atoms with van der Waals surface area (Å²) >= 11 is 0. The topological polar surface area (TPSA) is 69.4 Å². The minimum atomic E-state index is -0.546. The molecule has 0 unspecified atom stereocenters. The van der Waals surface area contributed by atoms with Crippen LogP contribution in [0.25, 0.3) is 0 Å². The molecule has 0 atom stereocenters. The van der Waals surface area contributed by atoms with Crippen molar-refractivity contribution in [2.75, 3.05) is 0 Å². The van der Waals surface area contributed by atoms with Crippen molar-refractivity contribution < 1.29 is 14.5 Å². The number of carbonyl (C=O) groups is 1. The fraction of sp³-hybridized carbons (Fsp3) is 0.188. The third-order valence-corrected chi connectivity index (χ3v) is 3.18. The van der Waals surface area contributed by atoms with Crippen molar-refractivity contribution in [3.63, 3.8) is 0 Å². The van der Waals surface area contributed by atoms with Crippen LogP contribution in [0.1, 0.15) is 28.4 Å². The Balaban J connectivity index is 2.49. The lowest BCUT2D eigenvalue weighted by Crippen LogP contribution is -1.99. The summed E-state index contributed by atoms with van der Waals surface area (Å²) in [6, 6.07) is 9.87. The molecule has 2 rings (SSSR count). The highest BCUT2D eigenvalue weighted by Crippen LogP contribution is 2.35. The lowest BCUT2D eigenvalue weighted by atomic mass is 10.1. The fourth-order valence-corrected chi connectivity index (χ4v) is 2.04. The van der Waals surface area contributed by atoms with Crippen molar-refractivity contribution in [3.05, 3.63) is 63.2 Å². The first kappa shape index (κ1) is 14.7. The SMILES string of the molecule is CC(=O)c1ccc(Oc2c(C)cccc2C)c([N+](=O)[O-])c1.